The molecule has 0 aliphatic carbocycles. The topological polar surface area (TPSA) is 54.0 Å². The Morgan fingerprint density at radius 1 is 1.22 bits per heavy atom. The van der Waals surface area contributed by atoms with E-state index in [1.54, 1.807) is 18.2 Å². The van der Waals surface area contributed by atoms with Gasteiger partial charge in [-0.25, -0.2) is 0 Å². The van der Waals surface area contributed by atoms with E-state index in [4.69, 9.17) is 0 Å². The molecule has 0 saturated heterocycles. The van der Waals surface area contributed by atoms with Gasteiger partial charge in [-0.3, -0.25) is 9.78 Å². The number of pyridine rings is 1. The molecule has 23 heavy (non-hydrogen) atoms. The van der Waals surface area contributed by atoms with E-state index in [9.17, 15) is 18.0 Å². The van der Waals surface area contributed by atoms with Crippen LogP contribution in [-0.4, -0.2) is 17.4 Å². The molecule has 1 aromatic heterocycles. The van der Waals surface area contributed by atoms with Gasteiger partial charge in [0, 0.05) is 18.4 Å². The van der Waals surface area contributed by atoms with Crippen molar-refractivity contribution >= 4 is 11.6 Å². The molecule has 0 unspecified atom stereocenters. The number of halogens is 3. The number of rotatable bonds is 5. The summed E-state index contributed by atoms with van der Waals surface area (Å²) in [5.74, 6) is -0.508. The molecule has 0 bridgehead atoms. The summed E-state index contributed by atoms with van der Waals surface area (Å²) >= 11 is 0. The number of amides is 1. The minimum atomic E-state index is -4.52. The Kier molecular flexibility index (Phi) is 5.33. The third-order valence-electron chi connectivity index (χ3n) is 3.08. The van der Waals surface area contributed by atoms with Gasteiger partial charge >= 0.3 is 6.18 Å². The first-order valence-corrected chi connectivity index (χ1v) is 7.04. The minimum absolute atomic E-state index is 0.0649. The highest BCUT2D eigenvalue weighted by Crippen LogP contribution is 2.27. The number of carbonyl (C=O) groups excluding carboxylic acids is 1. The molecular weight excluding hydrogens is 307 g/mol. The molecule has 0 saturated carbocycles. The standard InChI is InChI=1S/C16H16F3N3O/c1-2-20-9-11-4-3-5-13(8-11)22-15(23)12-6-7-14(21-10-12)16(17,18)19/h3-8,10,20H,2,9H2,1H3,(H,22,23). The fourth-order valence-corrected chi connectivity index (χ4v) is 1.93. The van der Waals surface area contributed by atoms with Gasteiger partial charge in [-0.2, -0.15) is 13.2 Å². The Balaban J connectivity index is 2.07. The summed E-state index contributed by atoms with van der Waals surface area (Å²) < 4.78 is 37.3. The van der Waals surface area contributed by atoms with Crippen LogP contribution in [-0.2, 0) is 12.7 Å². The number of hydrogen-bond donors (Lipinski definition) is 2. The Labute approximate surface area is 131 Å². The van der Waals surface area contributed by atoms with Crippen molar-refractivity contribution in [2.45, 2.75) is 19.6 Å². The van der Waals surface area contributed by atoms with Crippen LogP contribution in [0.15, 0.2) is 42.6 Å². The maximum atomic E-state index is 12.4. The van der Waals surface area contributed by atoms with E-state index in [0.29, 0.717) is 12.2 Å². The van der Waals surface area contributed by atoms with Gasteiger partial charge in [-0.05, 0) is 36.4 Å². The minimum Gasteiger partial charge on any atom is -0.322 e. The molecule has 0 aliphatic heterocycles. The van der Waals surface area contributed by atoms with Crippen LogP contribution in [0, 0.1) is 0 Å². The molecule has 0 fully saturated rings. The first-order valence-electron chi connectivity index (χ1n) is 7.04. The molecule has 1 amide bonds. The lowest BCUT2D eigenvalue weighted by Gasteiger charge is -2.09. The predicted octanol–water partition coefficient (Wildman–Crippen LogP) is 3.46. The Bertz CT molecular complexity index is 669. The second kappa shape index (κ2) is 7.23. The molecule has 4 nitrogen and oxygen atoms in total. The van der Waals surface area contributed by atoms with Crippen molar-refractivity contribution in [1.82, 2.24) is 10.3 Å². The summed E-state index contributed by atoms with van der Waals surface area (Å²) in [4.78, 5) is 15.3. The van der Waals surface area contributed by atoms with Gasteiger partial charge in [-0.1, -0.05) is 19.1 Å². The lowest BCUT2D eigenvalue weighted by molar-refractivity contribution is -0.141. The van der Waals surface area contributed by atoms with E-state index in [1.165, 1.54) is 0 Å². The number of anilines is 1. The van der Waals surface area contributed by atoms with Crippen molar-refractivity contribution in [1.29, 1.82) is 0 Å². The normalized spacial score (nSPS) is 11.3. The molecule has 2 rings (SSSR count). The van der Waals surface area contributed by atoms with Crippen LogP contribution >= 0.6 is 0 Å². The van der Waals surface area contributed by atoms with E-state index in [-0.39, 0.29) is 5.56 Å². The number of alkyl halides is 3. The highest BCUT2D eigenvalue weighted by Gasteiger charge is 2.32. The maximum Gasteiger partial charge on any atom is 0.433 e. The Morgan fingerprint density at radius 2 is 2.00 bits per heavy atom. The van der Waals surface area contributed by atoms with Crippen molar-refractivity contribution in [2.75, 3.05) is 11.9 Å². The molecule has 2 N–H and O–H groups in total. The van der Waals surface area contributed by atoms with Crippen molar-refractivity contribution in [3.63, 3.8) is 0 Å². The van der Waals surface area contributed by atoms with Gasteiger partial charge in [0.05, 0.1) is 5.56 Å². The monoisotopic (exact) mass is 323 g/mol. The summed E-state index contributed by atoms with van der Waals surface area (Å²) in [5.41, 5.74) is 0.609. The molecule has 122 valence electrons. The molecule has 1 aromatic carbocycles. The van der Waals surface area contributed by atoms with Crippen molar-refractivity contribution in [3.8, 4) is 0 Å². The Hall–Kier alpha value is -2.41. The van der Waals surface area contributed by atoms with Crippen LogP contribution < -0.4 is 10.6 Å². The van der Waals surface area contributed by atoms with Crippen LogP contribution in [0.1, 0.15) is 28.5 Å². The van der Waals surface area contributed by atoms with E-state index in [1.807, 2.05) is 13.0 Å². The van der Waals surface area contributed by atoms with Gasteiger partial charge in [0.2, 0.25) is 0 Å². The van der Waals surface area contributed by atoms with Crippen LogP contribution in [0.2, 0.25) is 0 Å². The number of aromatic nitrogens is 1. The van der Waals surface area contributed by atoms with Crippen molar-refractivity contribution < 1.29 is 18.0 Å². The summed E-state index contributed by atoms with van der Waals surface area (Å²) in [7, 11) is 0. The summed E-state index contributed by atoms with van der Waals surface area (Å²) in [6.45, 7) is 3.49. The quantitative estimate of drug-likeness (QED) is 0.886. The number of nitrogens with zero attached hydrogens (tertiary/aromatic N) is 1. The average molecular weight is 323 g/mol. The third kappa shape index (κ3) is 4.79. The van der Waals surface area contributed by atoms with Gasteiger partial charge in [-0.15, -0.1) is 0 Å². The highest BCUT2D eigenvalue weighted by molar-refractivity contribution is 6.04. The molecule has 0 radical (unpaired) electrons. The van der Waals surface area contributed by atoms with Gasteiger partial charge < -0.3 is 10.6 Å². The van der Waals surface area contributed by atoms with Crippen LogP contribution in [0.25, 0.3) is 0 Å². The zero-order chi connectivity index (χ0) is 16.9. The maximum absolute atomic E-state index is 12.4. The molecular formula is C16H16F3N3O. The van der Waals surface area contributed by atoms with Crippen molar-refractivity contribution in [2.24, 2.45) is 0 Å². The molecule has 0 spiro atoms. The largest absolute Gasteiger partial charge is 0.433 e. The zero-order valence-corrected chi connectivity index (χ0v) is 12.4. The van der Waals surface area contributed by atoms with E-state index in [2.05, 4.69) is 15.6 Å². The molecule has 1 heterocycles. The van der Waals surface area contributed by atoms with Crippen LogP contribution in [0.4, 0.5) is 18.9 Å². The average Bonchev–Trinajstić information content (AvgIpc) is 2.52. The highest BCUT2D eigenvalue weighted by atomic mass is 19.4. The fraction of sp³-hybridized carbons (Fsp3) is 0.250. The summed E-state index contributed by atoms with van der Waals surface area (Å²) in [6, 6.07) is 9.12. The smallest absolute Gasteiger partial charge is 0.322 e. The van der Waals surface area contributed by atoms with Crippen molar-refractivity contribution in [3.05, 3.63) is 59.4 Å². The molecule has 7 heteroatoms. The lowest BCUT2D eigenvalue weighted by atomic mass is 10.2. The van der Waals surface area contributed by atoms with E-state index in [0.717, 1.165) is 30.4 Å². The third-order valence-corrected chi connectivity index (χ3v) is 3.08. The van der Waals surface area contributed by atoms with Gasteiger partial charge in [0.1, 0.15) is 5.69 Å². The van der Waals surface area contributed by atoms with E-state index < -0.39 is 17.8 Å². The number of carbonyl (C=O) groups is 1. The molecule has 0 atom stereocenters. The van der Waals surface area contributed by atoms with E-state index >= 15 is 0 Å². The number of hydrogen-bond acceptors (Lipinski definition) is 3. The first-order chi connectivity index (χ1) is 10.9. The zero-order valence-electron chi connectivity index (χ0n) is 12.4. The Morgan fingerprint density at radius 3 is 2.61 bits per heavy atom. The summed E-state index contributed by atoms with van der Waals surface area (Å²) in [5, 5.41) is 5.81. The van der Waals surface area contributed by atoms with Crippen LogP contribution in [0.3, 0.4) is 0 Å². The number of nitrogens with one attached hydrogen (secondary N) is 2. The molecule has 0 aliphatic rings. The van der Waals surface area contributed by atoms with Crippen LogP contribution in [0.5, 0.6) is 0 Å². The lowest BCUT2D eigenvalue weighted by Crippen LogP contribution is -2.15. The first kappa shape index (κ1) is 17.0. The van der Waals surface area contributed by atoms with Gasteiger partial charge in [0.25, 0.3) is 5.91 Å². The van der Waals surface area contributed by atoms with Gasteiger partial charge in [0.15, 0.2) is 0 Å². The summed E-state index contributed by atoms with van der Waals surface area (Å²) in [6.07, 6.45) is -3.60. The molecule has 2 aromatic rings. The second-order valence-corrected chi connectivity index (χ2v) is 4.86. The number of benzene rings is 1. The fourth-order valence-electron chi connectivity index (χ4n) is 1.93. The SMILES string of the molecule is CCNCc1cccc(NC(=O)c2ccc(C(F)(F)F)nc2)c1. The predicted molar refractivity (Wildman–Crippen MR) is 81.0 cm³/mol. The second-order valence-electron chi connectivity index (χ2n) is 4.86.